The number of rotatable bonds is 5. The predicted octanol–water partition coefficient (Wildman–Crippen LogP) is 2.02. The van der Waals surface area contributed by atoms with Gasteiger partial charge in [0.25, 0.3) is 11.1 Å². The molecule has 4 rings (SSSR count). The van der Waals surface area contributed by atoms with Crippen LogP contribution in [0.4, 0.5) is 4.39 Å². The van der Waals surface area contributed by atoms with Gasteiger partial charge in [-0.1, -0.05) is 30.3 Å². The zero-order valence-corrected chi connectivity index (χ0v) is 14.5. The fourth-order valence-corrected chi connectivity index (χ4v) is 3.20. The molecule has 1 aromatic heterocycles. The average molecular weight is 367 g/mol. The van der Waals surface area contributed by atoms with E-state index in [0.717, 1.165) is 17.5 Å². The molecular formula is C20H18FN3O3. The second-order valence-electron chi connectivity index (χ2n) is 6.72. The molecule has 1 aliphatic carbocycles. The Hall–Kier alpha value is -3.22. The van der Waals surface area contributed by atoms with E-state index in [1.807, 2.05) is 0 Å². The van der Waals surface area contributed by atoms with Crippen LogP contribution < -0.4 is 11.1 Å². The van der Waals surface area contributed by atoms with E-state index in [-0.39, 0.29) is 41.6 Å². The Morgan fingerprint density at radius 1 is 1.07 bits per heavy atom. The standard InChI is InChI=1S/C20H18FN3O3/c21-17-8-4-1-5-13(17)11-23(14-9-10-14)18(25)12-24-20(27)16-7-3-2-6-15(16)19(26)22-24/h1-8,14H,9-12H2,(H,22,26). The van der Waals surface area contributed by atoms with Crippen LogP contribution in [0.15, 0.2) is 58.1 Å². The quantitative estimate of drug-likeness (QED) is 0.750. The molecule has 1 fully saturated rings. The molecule has 0 radical (unpaired) electrons. The number of aromatic nitrogens is 2. The number of nitrogens with zero attached hydrogens (tertiary/aromatic N) is 2. The number of aromatic amines is 1. The highest BCUT2D eigenvalue weighted by molar-refractivity contribution is 5.81. The highest BCUT2D eigenvalue weighted by atomic mass is 19.1. The second kappa shape index (κ2) is 6.83. The van der Waals surface area contributed by atoms with Crippen molar-refractivity contribution in [3.05, 3.63) is 80.6 Å². The predicted molar refractivity (Wildman–Crippen MR) is 98.8 cm³/mol. The molecule has 1 amide bonds. The van der Waals surface area contributed by atoms with Crippen molar-refractivity contribution < 1.29 is 9.18 Å². The lowest BCUT2D eigenvalue weighted by Crippen LogP contribution is -2.40. The van der Waals surface area contributed by atoms with Gasteiger partial charge in [0.1, 0.15) is 12.4 Å². The zero-order chi connectivity index (χ0) is 19.0. The lowest BCUT2D eigenvalue weighted by atomic mass is 10.2. The van der Waals surface area contributed by atoms with Gasteiger partial charge in [0.15, 0.2) is 0 Å². The number of hydrogen-bond donors (Lipinski definition) is 1. The van der Waals surface area contributed by atoms with Crippen molar-refractivity contribution in [1.29, 1.82) is 0 Å². The minimum absolute atomic E-state index is 0.0417. The van der Waals surface area contributed by atoms with E-state index in [9.17, 15) is 18.8 Å². The number of fused-ring (bicyclic) bond motifs is 1. The van der Waals surface area contributed by atoms with Gasteiger partial charge in [-0.15, -0.1) is 0 Å². The van der Waals surface area contributed by atoms with E-state index in [1.165, 1.54) is 6.07 Å². The lowest BCUT2D eigenvalue weighted by molar-refractivity contribution is -0.133. The van der Waals surface area contributed by atoms with Gasteiger partial charge >= 0.3 is 0 Å². The lowest BCUT2D eigenvalue weighted by Gasteiger charge is -2.23. The molecule has 0 bridgehead atoms. The molecule has 1 aliphatic rings. The number of benzene rings is 2. The Morgan fingerprint density at radius 2 is 1.74 bits per heavy atom. The van der Waals surface area contributed by atoms with Crippen molar-refractivity contribution in [1.82, 2.24) is 14.7 Å². The first-order chi connectivity index (χ1) is 13.0. The van der Waals surface area contributed by atoms with Crippen LogP contribution in [0.5, 0.6) is 0 Å². The van der Waals surface area contributed by atoms with Crippen LogP contribution in [0.25, 0.3) is 10.8 Å². The molecule has 0 unspecified atom stereocenters. The molecule has 0 aliphatic heterocycles. The van der Waals surface area contributed by atoms with Crippen molar-refractivity contribution in [2.75, 3.05) is 0 Å². The van der Waals surface area contributed by atoms with Crippen LogP contribution in [0.2, 0.25) is 0 Å². The highest BCUT2D eigenvalue weighted by Gasteiger charge is 2.33. The smallest absolute Gasteiger partial charge is 0.273 e. The summed E-state index contributed by atoms with van der Waals surface area (Å²) in [6.07, 6.45) is 1.70. The van der Waals surface area contributed by atoms with Crippen LogP contribution in [-0.2, 0) is 17.9 Å². The number of carbonyl (C=O) groups excluding carboxylic acids is 1. The summed E-state index contributed by atoms with van der Waals surface area (Å²) in [5.74, 6) is -0.694. The maximum absolute atomic E-state index is 14.0. The summed E-state index contributed by atoms with van der Waals surface area (Å²) in [6.45, 7) is -0.146. The molecular weight excluding hydrogens is 349 g/mol. The van der Waals surface area contributed by atoms with Crippen LogP contribution >= 0.6 is 0 Å². The Morgan fingerprint density at radius 3 is 2.44 bits per heavy atom. The second-order valence-corrected chi connectivity index (χ2v) is 6.72. The van der Waals surface area contributed by atoms with Crippen molar-refractivity contribution >= 4 is 16.7 Å². The van der Waals surface area contributed by atoms with Gasteiger partial charge < -0.3 is 4.90 Å². The number of hydrogen-bond acceptors (Lipinski definition) is 3. The molecule has 27 heavy (non-hydrogen) atoms. The fourth-order valence-electron chi connectivity index (χ4n) is 3.20. The minimum atomic E-state index is -0.430. The number of amides is 1. The Labute approximate surface area is 153 Å². The largest absolute Gasteiger partial charge is 0.334 e. The van der Waals surface area contributed by atoms with Crippen LogP contribution in [0.1, 0.15) is 18.4 Å². The third kappa shape index (κ3) is 3.40. The van der Waals surface area contributed by atoms with Gasteiger partial charge in [0, 0.05) is 18.2 Å². The number of carbonyl (C=O) groups is 1. The topological polar surface area (TPSA) is 75.2 Å². The molecule has 1 heterocycles. The van der Waals surface area contributed by atoms with Gasteiger partial charge in [-0.3, -0.25) is 19.5 Å². The summed E-state index contributed by atoms with van der Waals surface area (Å²) in [4.78, 5) is 39.2. The maximum Gasteiger partial charge on any atom is 0.273 e. The molecule has 7 heteroatoms. The van der Waals surface area contributed by atoms with E-state index in [4.69, 9.17) is 0 Å². The Bertz CT molecular complexity index is 1130. The molecule has 0 spiro atoms. The maximum atomic E-state index is 14.0. The number of nitrogens with one attached hydrogen (secondary N) is 1. The highest BCUT2D eigenvalue weighted by Crippen LogP contribution is 2.29. The first-order valence-electron chi connectivity index (χ1n) is 8.79. The molecule has 1 N–H and O–H groups in total. The van der Waals surface area contributed by atoms with Gasteiger partial charge in [-0.05, 0) is 31.0 Å². The summed E-state index contributed by atoms with van der Waals surface area (Å²) in [7, 11) is 0. The average Bonchev–Trinajstić information content (AvgIpc) is 3.50. The molecule has 3 aromatic rings. The van der Waals surface area contributed by atoms with Crippen molar-refractivity contribution in [3.63, 3.8) is 0 Å². The summed E-state index contributed by atoms with van der Waals surface area (Å²) in [5, 5.41) is 3.02. The molecule has 2 aromatic carbocycles. The first kappa shape index (κ1) is 17.2. The van der Waals surface area contributed by atoms with Gasteiger partial charge in [-0.25, -0.2) is 9.07 Å². The first-order valence-corrected chi connectivity index (χ1v) is 8.79. The summed E-state index contributed by atoms with van der Waals surface area (Å²) >= 11 is 0. The molecule has 0 atom stereocenters. The molecule has 138 valence electrons. The van der Waals surface area contributed by atoms with E-state index in [0.29, 0.717) is 5.56 Å². The van der Waals surface area contributed by atoms with Crippen molar-refractivity contribution in [2.24, 2.45) is 0 Å². The van der Waals surface area contributed by atoms with E-state index in [1.54, 1.807) is 47.4 Å². The van der Waals surface area contributed by atoms with E-state index in [2.05, 4.69) is 5.10 Å². The normalized spacial score (nSPS) is 13.7. The Balaban J connectivity index is 1.63. The van der Waals surface area contributed by atoms with Gasteiger partial charge in [0.05, 0.1) is 10.8 Å². The summed E-state index contributed by atoms with van der Waals surface area (Å²) < 4.78 is 15.0. The Kier molecular flexibility index (Phi) is 4.35. The minimum Gasteiger partial charge on any atom is -0.334 e. The van der Waals surface area contributed by atoms with Crippen LogP contribution in [0.3, 0.4) is 0 Å². The van der Waals surface area contributed by atoms with Gasteiger partial charge in [0.2, 0.25) is 5.91 Å². The fraction of sp³-hybridized carbons (Fsp3) is 0.250. The van der Waals surface area contributed by atoms with Gasteiger partial charge in [-0.2, -0.15) is 0 Å². The van der Waals surface area contributed by atoms with E-state index < -0.39 is 11.1 Å². The van der Waals surface area contributed by atoms with Crippen molar-refractivity contribution in [2.45, 2.75) is 32.0 Å². The number of H-pyrrole nitrogens is 1. The summed E-state index contributed by atoms with van der Waals surface area (Å²) in [5.41, 5.74) is -0.428. The monoisotopic (exact) mass is 367 g/mol. The molecule has 1 saturated carbocycles. The van der Waals surface area contributed by atoms with E-state index >= 15 is 0 Å². The third-order valence-corrected chi connectivity index (χ3v) is 4.78. The zero-order valence-electron chi connectivity index (χ0n) is 14.5. The third-order valence-electron chi connectivity index (χ3n) is 4.78. The van der Waals surface area contributed by atoms with Crippen molar-refractivity contribution in [3.8, 4) is 0 Å². The number of halogens is 1. The molecule has 6 nitrogen and oxygen atoms in total. The summed E-state index contributed by atoms with van der Waals surface area (Å²) in [6, 6.07) is 12.8. The van der Waals surface area contributed by atoms with Crippen LogP contribution in [-0.4, -0.2) is 26.6 Å². The van der Waals surface area contributed by atoms with Crippen LogP contribution in [0, 0.1) is 5.82 Å². The SMILES string of the molecule is O=C(Cn1[nH]c(=O)c2ccccc2c1=O)N(Cc1ccccc1F)C1CC1. The molecule has 0 saturated heterocycles.